The lowest BCUT2D eigenvalue weighted by Crippen LogP contribution is -2.36. The zero-order valence-electron chi connectivity index (χ0n) is 23.5. The van der Waals surface area contributed by atoms with Gasteiger partial charge in [-0.2, -0.15) is 13.2 Å². The third-order valence-corrected chi connectivity index (χ3v) is 8.72. The summed E-state index contributed by atoms with van der Waals surface area (Å²) in [5.41, 5.74) is -0.494. The second-order valence-electron chi connectivity index (χ2n) is 10.0. The maximum absolute atomic E-state index is 12.9. The van der Waals surface area contributed by atoms with Crippen LogP contribution in [0.15, 0.2) is 65.8 Å². The van der Waals surface area contributed by atoms with Crippen LogP contribution < -0.4 is 15.0 Å². The van der Waals surface area contributed by atoms with Gasteiger partial charge in [-0.05, 0) is 42.0 Å². The minimum absolute atomic E-state index is 0.000767. The van der Waals surface area contributed by atoms with Gasteiger partial charge in [-0.1, -0.05) is 19.1 Å². The van der Waals surface area contributed by atoms with Gasteiger partial charge in [-0.3, -0.25) is 9.53 Å². The van der Waals surface area contributed by atoms with Crippen molar-refractivity contribution >= 4 is 21.7 Å². The molecule has 0 saturated carbocycles. The van der Waals surface area contributed by atoms with Crippen molar-refractivity contribution in [3.8, 4) is 5.75 Å². The summed E-state index contributed by atoms with van der Waals surface area (Å²) in [7, 11) is -3.44. The number of anilines is 1. The second-order valence-corrected chi connectivity index (χ2v) is 12.3. The smallest absolute Gasteiger partial charge is 0.489 e. The van der Waals surface area contributed by atoms with E-state index in [1.165, 1.54) is 36.1 Å². The SMILES string of the molecule is CCS(=O)(=O)c1ccc([C@H](CO)NC(=O)c2cnc(N3C[C@@H](Oc4ccc(C(F)(F)F)cc4)C[C@H]3COC(F)(F)F)nc2)cc1. The molecule has 2 aromatic carbocycles. The number of nitrogens with zero attached hydrogens (tertiary/aromatic N) is 3. The Bertz CT molecular complexity index is 1550. The van der Waals surface area contributed by atoms with Crippen molar-refractivity contribution in [2.75, 3.05) is 30.4 Å². The summed E-state index contributed by atoms with van der Waals surface area (Å²) in [5, 5.41) is 12.4. The highest BCUT2D eigenvalue weighted by Crippen LogP contribution is 2.32. The fourth-order valence-electron chi connectivity index (χ4n) is 4.60. The van der Waals surface area contributed by atoms with Crippen molar-refractivity contribution in [3.05, 3.63) is 77.6 Å². The molecule has 3 atom stereocenters. The van der Waals surface area contributed by atoms with Gasteiger partial charge in [-0.25, -0.2) is 18.4 Å². The van der Waals surface area contributed by atoms with E-state index in [1.54, 1.807) is 0 Å². The van der Waals surface area contributed by atoms with Gasteiger partial charge >= 0.3 is 12.5 Å². The van der Waals surface area contributed by atoms with Gasteiger partial charge in [0.1, 0.15) is 11.9 Å². The molecule has 1 fully saturated rings. The predicted octanol–water partition coefficient (Wildman–Crippen LogP) is 4.32. The molecule has 1 saturated heterocycles. The minimum atomic E-state index is -4.92. The lowest BCUT2D eigenvalue weighted by molar-refractivity contribution is -0.325. The third kappa shape index (κ3) is 8.82. The van der Waals surface area contributed by atoms with E-state index < -0.39 is 65.2 Å². The largest absolute Gasteiger partial charge is 0.522 e. The van der Waals surface area contributed by atoms with Gasteiger partial charge < -0.3 is 20.1 Å². The number of hydrogen-bond donors (Lipinski definition) is 2. The Morgan fingerprint density at radius 3 is 2.20 bits per heavy atom. The summed E-state index contributed by atoms with van der Waals surface area (Å²) in [5.74, 6) is -0.749. The van der Waals surface area contributed by atoms with Crippen LogP contribution in [0.25, 0.3) is 0 Å². The predicted molar refractivity (Wildman–Crippen MR) is 147 cm³/mol. The fourth-order valence-corrected chi connectivity index (χ4v) is 5.49. The number of carbonyl (C=O) groups is 1. The summed E-state index contributed by atoms with van der Waals surface area (Å²) in [6, 6.07) is 7.69. The molecule has 0 aliphatic carbocycles. The number of alkyl halides is 6. The first-order valence-electron chi connectivity index (χ1n) is 13.5. The van der Waals surface area contributed by atoms with Crippen molar-refractivity contribution in [2.24, 2.45) is 0 Å². The number of ether oxygens (including phenoxy) is 2. The van der Waals surface area contributed by atoms with Crippen LogP contribution >= 0.6 is 0 Å². The summed E-state index contributed by atoms with van der Waals surface area (Å²) in [4.78, 5) is 22.6. The van der Waals surface area contributed by atoms with Gasteiger partial charge in [0.15, 0.2) is 9.84 Å². The van der Waals surface area contributed by atoms with E-state index in [0.717, 1.165) is 36.7 Å². The molecule has 3 aromatic rings. The van der Waals surface area contributed by atoms with Crippen LogP contribution in [0.3, 0.4) is 0 Å². The molecule has 1 aromatic heterocycles. The minimum Gasteiger partial charge on any atom is -0.489 e. The monoisotopic (exact) mass is 662 g/mol. The number of halogens is 6. The van der Waals surface area contributed by atoms with Crippen molar-refractivity contribution in [1.29, 1.82) is 0 Å². The zero-order chi connectivity index (χ0) is 33.0. The molecular formula is C28H28F6N4O6S. The molecule has 2 N–H and O–H groups in total. The van der Waals surface area contributed by atoms with Gasteiger partial charge in [0, 0.05) is 18.8 Å². The van der Waals surface area contributed by atoms with Crippen LogP contribution in [0, 0.1) is 0 Å². The maximum atomic E-state index is 12.9. The van der Waals surface area contributed by atoms with E-state index in [1.807, 2.05) is 0 Å². The molecule has 0 unspecified atom stereocenters. The number of hydrogen-bond acceptors (Lipinski definition) is 9. The van der Waals surface area contributed by atoms with Crippen LogP contribution in [0.4, 0.5) is 32.3 Å². The number of aromatic nitrogens is 2. The molecule has 1 aliphatic rings. The van der Waals surface area contributed by atoms with E-state index in [2.05, 4.69) is 20.0 Å². The van der Waals surface area contributed by atoms with E-state index in [0.29, 0.717) is 5.56 Å². The quantitative estimate of drug-likeness (QED) is 0.289. The summed E-state index contributed by atoms with van der Waals surface area (Å²) in [6.07, 6.45) is -7.95. The van der Waals surface area contributed by atoms with Crippen molar-refractivity contribution in [1.82, 2.24) is 15.3 Å². The van der Waals surface area contributed by atoms with Gasteiger partial charge in [0.2, 0.25) is 5.95 Å². The Morgan fingerprint density at radius 2 is 1.67 bits per heavy atom. The number of nitrogens with one attached hydrogen (secondary N) is 1. The fraction of sp³-hybridized carbons (Fsp3) is 0.393. The van der Waals surface area contributed by atoms with Gasteiger partial charge in [-0.15, -0.1) is 13.2 Å². The molecule has 0 radical (unpaired) electrons. The molecule has 244 valence electrons. The van der Waals surface area contributed by atoms with Crippen molar-refractivity contribution in [2.45, 2.75) is 49.0 Å². The molecule has 10 nitrogen and oxygen atoms in total. The van der Waals surface area contributed by atoms with Crippen LogP contribution in [0.2, 0.25) is 0 Å². The molecule has 17 heteroatoms. The van der Waals surface area contributed by atoms with Crippen LogP contribution in [0.5, 0.6) is 5.75 Å². The summed E-state index contributed by atoms with van der Waals surface area (Å²) in [6.45, 7) is 0.149. The highest BCUT2D eigenvalue weighted by Gasteiger charge is 2.39. The number of sulfone groups is 1. The number of benzene rings is 2. The number of rotatable bonds is 11. The van der Waals surface area contributed by atoms with E-state index in [4.69, 9.17) is 4.74 Å². The molecule has 4 rings (SSSR count). The Labute approximate surface area is 253 Å². The molecule has 0 bridgehead atoms. The first-order valence-corrected chi connectivity index (χ1v) is 15.1. The van der Waals surface area contributed by atoms with Gasteiger partial charge in [0.25, 0.3) is 5.91 Å². The first kappa shape index (κ1) is 33.9. The highest BCUT2D eigenvalue weighted by molar-refractivity contribution is 7.91. The van der Waals surface area contributed by atoms with Crippen LogP contribution in [-0.2, 0) is 20.8 Å². The standard InChI is InChI=1S/C28H28F6N4O6S/c1-2-45(41,42)23-9-3-17(4-10-23)24(15-39)37-25(40)18-12-35-26(36-13-18)38-14-22(11-20(38)16-43-28(32,33)34)44-21-7-5-19(6-8-21)27(29,30)31/h3-10,12-13,20,22,24,39H,2,11,14-16H2,1H3,(H,37,40)/t20-,22-,24-/m0/s1. The van der Waals surface area contributed by atoms with Gasteiger partial charge in [0.05, 0.1) is 53.6 Å². The van der Waals surface area contributed by atoms with Crippen LogP contribution in [0.1, 0.15) is 40.9 Å². The Morgan fingerprint density at radius 1 is 1.04 bits per heavy atom. The molecule has 1 aliphatic heterocycles. The number of aliphatic hydroxyl groups excluding tert-OH is 1. The molecule has 0 spiro atoms. The Hall–Kier alpha value is -3.96. The molecule has 2 heterocycles. The summed E-state index contributed by atoms with van der Waals surface area (Å²) < 4.78 is 111. The zero-order valence-corrected chi connectivity index (χ0v) is 24.4. The Kier molecular flexibility index (Phi) is 10.2. The second kappa shape index (κ2) is 13.6. The van der Waals surface area contributed by atoms with E-state index in [9.17, 15) is 44.7 Å². The van der Waals surface area contributed by atoms with Crippen LogP contribution in [-0.4, -0.2) is 73.4 Å². The van der Waals surface area contributed by atoms with E-state index in [-0.39, 0.29) is 40.9 Å². The topological polar surface area (TPSA) is 131 Å². The maximum Gasteiger partial charge on any atom is 0.522 e. The molecular weight excluding hydrogens is 634 g/mol. The summed E-state index contributed by atoms with van der Waals surface area (Å²) >= 11 is 0. The van der Waals surface area contributed by atoms with Crippen molar-refractivity contribution < 1.29 is 54.1 Å². The number of amides is 1. The number of aliphatic hydroxyl groups is 1. The highest BCUT2D eigenvalue weighted by atomic mass is 32.2. The first-order chi connectivity index (χ1) is 21.1. The lowest BCUT2D eigenvalue weighted by Gasteiger charge is -2.24. The average Bonchev–Trinajstić information content (AvgIpc) is 3.40. The van der Waals surface area contributed by atoms with E-state index >= 15 is 0 Å². The lowest BCUT2D eigenvalue weighted by atomic mass is 10.1. The van der Waals surface area contributed by atoms with Crippen molar-refractivity contribution in [3.63, 3.8) is 0 Å². The number of carbonyl (C=O) groups excluding carboxylic acids is 1. The normalized spacial score (nSPS) is 18.1. The molecule has 1 amide bonds. The average molecular weight is 663 g/mol. The molecule has 45 heavy (non-hydrogen) atoms. The Balaban J connectivity index is 1.45. The third-order valence-electron chi connectivity index (χ3n) is 6.97.